The van der Waals surface area contributed by atoms with Gasteiger partial charge in [-0.25, -0.2) is 4.98 Å². The van der Waals surface area contributed by atoms with Crippen molar-refractivity contribution in [2.24, 2.45) is 0 Å². The van der Waals surface area contributed by atoms with Crippen molar-refractivity contribution in [1.29, 1.82) is 0 Å². The number of esters is 1. The average molecular weight is 386 g/mol. The topological polar surface area (TPSA) is 64.8 Å². The third-order valence-corrected chi connectivity index (χ3v) is 5.11. The number of hydrogen-bond acceptors (Lipinski definition) is 6. The second-order valence-electron chi connectivity index (χ2n) is 7.11. The fraction of sp³-hybridized carbons (Fsp3) is 0.545. The van der Waals surface area contributed by atoms with Crippen LogP contribution >= 0.6 is 0 Å². The third-order valence-electron chi connectivity index (χ3n) is 5.11. The van der Waals surface area contributed by atoms with Crippen molar-refractivity contribution in [1.82, 2.24) is 9.88 Å². The molecule has 0 aliphatic carbocycles. The first kappa shape index (κ1) is 20.4. The number of nitrogens with zero attached hydrogens (tertiary/aromatic N) is 2. The Morgan fingerprint density at radius 1 is 1.21 bits per heavy atom. The van der Waals surface area contributed by atoms with Crippen LogP contribution in [-0.2, 0) is 16.1 Å². The predicted octanol–water partition coefficient (Wildman–Crippen LogP) is 4.36. The number of likely N-dealkylation sites (tertiary alicyclic amines) is 1. The van der Waals surface area contributed by atoms with Crippen molar-refractivity contribution in [3.05, 3.63) is 35.7 Å². The van der Waals surface area contributed by atoms with Crippen LogP contribution in [0.4, 0.5) is 0 Å². The Bertz CT molecular complexity index is 769. The van der Waals surface area contributed by atoms with Crippen LogP contribution in [0.15, 0.2) is 28.7 Å². The van der Waals surface area contributed by atoms with Crippen molar-refractivity contribution in [3.8, 4) is 17.2 Å². The zero-order valence-corrected chi connectivity index (χ0v) is 17.1. The molecule has 1 aromatic heterocycles. The van der Waals surface area contributed by atoms with Crippen LogP contribution in [0.3, 0.4) is 0 Å². The van der Waals surface area contributed by atoms with Crippen molar-refractivity contribution in [3.63, 3.8) is 0 Å². The number of piperidine rings is 1. The van der Waals surface area contributed by atoms with Crippen molar-refractivity contribution < 1.29 is 18.7 Å². The van der Waals surface area contributed by atoms with Crippen LogP contribution in [0.2, 0.25) is 0 Å². The van der Waals surface area contributed by atoms with Crippen LogP contribution in [-0.4, -0.2) is 41.7 Å². The maximum Gasteiger partial charge on any atom is 0.307 e. The lowest BCUT2D eigenvalue weighted by Crippen LogP contribution is -2.40. The van der Waals surface area contributed by atoms with Crippen LogP contribution in [0.1, 0.15) is 51.0 Å². The van der Waals surface area contributed by atoms with E-state index in [2.05, 4.69) is 4.90 Å². The summed E-state index contributed by atoms with van der Waals surface area (Å²) in [6, 6.07) is 7.99. The summed E-state index contributed by atoms with van der Waals surface area (Å²) >= 11 is 0. The van der Waals surface area contributed by atoms with Gasteiger partial charge < -0.3 is 13.9 Å². The fourth-order valence-electron chi connectivity index (χ4n) is 3.66. The van der Waals surface area contributed by atoms with Gasteiger partial charge in [-0.1, -0.05) is 6.42 Å². The molecule has 0 saturated carbocycles. The van der Waals surface area contributed by atoms with E-state index in [1.54, 1.807) is 0 Å². The Kier molecular flexibility index (Phi) is 7.09. The SMILES string of the molecule is CCOC(=O)C[C@@H]1CCCCN1Cc1nc(-c2ccc(OCC)cc2)oc1C. The smallest absolute Gasteiger partial charge is 0.307 e. The van der Waals surface area contributed by atoms with E-state index in [4.69, 9.17) is 18.9 Å². The lowest BCUT2D eigenvalue weighted by Gasteiger charge is -2.34. The lowest BCUT2D eigenvalue weighted by molar-refractivity contribution is -0.145. The number of hydrogen-bond donors (Lipinski definition) is 0. The second kappa shape index (κ2) is 9.73. The van der Waals surface area contributed by atoms with E-state index in [9.17, 15) is 4.79 Å². The van der Waals surface area contributed by atoms with Gasteiger partial charge in [0.25, 0.3) is 0 Å². The molecule has 0 radical (unpaired) electrons. The molecule has 6 heteroatoms. The van der Waals surface area contributed by atoms with Gasteiger partial charge in [-0.2, -0.15) is 0 Å². The monoisotopic (exact) mass is 386 g/mol. The summed E-state index contributed by atoms with van der Waals surface area (Å²) in [6.07, 6.45) is 3.75. The van der Waals surface area contributed by atoms with E-state index < -0.39 is 0 Å². The molecule has 6 nitrogen and oxygen atoms in total. The number of ether oxygens (including phenoxy) is 2. The van der Waals surface area contributed by atoms with Gasteiger partial charge in [0.1, 0.15) is 11.5 Å². The molecule has 0 N–H and O–H groups in total. The number of carbonyl (C=O) groups is 1. The Hall–Kier alpha value is -2.34. The summed E-state index contributed by atoms with van der Waals surface area (Å²) in [5.41, 5.74) is 1.86. The Labute approximate surface area is 166 Å². The molecule has 1 fully saturated rings. The van der Waals surface area contributed by atoms with Gasteiger partial charge in [0.2, 0.25) is 5.89 Å². The fourth-order valence-corrected chi connectivity index (χ4v) is 3.66. The van der Waals surface area contributed by atoms with E-state index >= 15 is 0 Å². The van der Waals surface area contributed by atoms with E-state index in [1.807, 2.05) is 45.0 Å². The number of oxazole rings is 1. The zero-order valence-electron chi connectivity index (χ0n) is 17.1. The highest BCUT2D eigenvalue weighted by Crippen LogP contribution is 2.27. The van der Waals surface area contributed by atoms with E-state index in [0.717, 1.165) is 48.6 Å². The lowest BCUT2D eigenvalue weighted by atomic mass is 9.99. The first-order valence-electron chi connectivity index (χ1n) is 10.2. The third kappa shape index (κ3) is 5.13. The van der Waals surface area contributed by atoms with Crippen molar-refractivity contribution in [2.75, 3.05) is 19.8 Å². The van der Waals surface area contributed by atoms with Crippen molar-refractivity contribution >= 4 is 5.97 Å². The Balaban J connectivity index is 1.70. The quantitative estimate of drug-likeness (QED) is 0.628. The molecule has 0 spiro atoms. The number of carbonyl (C=O) groups excluding carboxylic acids is 1. The number of benzene rings is 1. The molecule has 2 aromatic rings. The standard InChI is InChI=1S/C22H30N2O4/c1-4-26-19-11-9-17(10-12-19)22-23-20(16(3)28-22)15-24-13-7-6-8-18(24)14-21(25)27-5-2/h9-12,18H,4-8,13-15H2,1-3H3/t18-/m0/s1. The van der Waals surface area contributed by atoms with Gasteiger partial charge in [-0.3, -0.25) is 9.69 Å². The second-order valence-corrected chi connectivity index (χ2v) is 7.11. The van der Waals surface area contributed by atoms with E-state index in [0.29, 0.717) is 32.1 Å². The van der Waals surface area contributed by atoms with Gasteiger partial charge in [0.15, 0.2) is 0 Å². The maximum absolute atomic E-state index is 11.9. The molecular formula is C22H30N2O4. The molecule has 1 atom stereocenters. The molecule has 0 unspecified atom stereocenters. The molecule has 28 heavy (non-hydrogen) atoms. The molecule has 2 heterocycles. The molecule has 1 aromatic carbocycles. The van der Waals surface area contributed by atoms with Gasteiger partial charge in [-0.05, 0) is 64.4 Å². The highest BCUT2D eigenvalue weighted by atomic mass is 16.5. The molecule has 1 aliphatic heterocycles. The molecule has 0 bridgehead atoms. The van der Waals surface area contributed by atoms with Gasteiger partial charge >= 0.3 is 5.97 Å². The molecule has 3 rings (SSSR count). The molecule has 0 amide bonds. The van der Waals surface area contributed by atoms with Crippen LogP contribution in [0, 0.1) is 6.92 Å². The Morgan fingerprint density at radius 2 is 2.00 bits per heavy atom. The predicted molar refractivity (Wildman–Crippen MR) is 107 cm³/mol. The molecule has 1 saturated heterocycles. The minimum atomic E-state index is -0.119. The summed E-state index contributed by atoms with van der Waals surface area (Å²) in [5.74, 6) is 2.16. The van der Waals surface area contributed by atoms with Crippen molar-refractivity contribution in [2.45, 2.75) is 59.0 Å². The first-order chi connectivity index (χ1) is 13.6. The summed E-state index contributed by atoms with van der Waals surface area (Å²) in [4.78, 5) is 19.0. The summed E-state index contributed by atoms with van der Waals surface area (Å²) < 4.78 is 16.6. The van der Waals surface area contributed by atoms with Gasteiger partial charge in [0, 0.05) is 18.2 Å². The zero-order chi connectivity index (χ0) is 19.9. The van der Waals surface area contributed by atoms with Gasteiger partial charge in [-0.15, -0.1) is 0 Å². The molecular weight excluding hydrogens is 356 g/mol. The molecule has 1 aliphatic rings. The Morgan fingerprint density at radius 3 is 2.71 bits per heavy atom. The van der Waals surface area contributed by atoms with E-state index in [-0.39, 0.29) is 12.0 Å². The van der Waals surface area contributed by atoms with E-state index in [1.165, 1.54) is 0 Å². The van der Waals surface area contributed by atoms with Crippen LogP contribution in [0.25, 0.3) is 11.5 Å². The summed E-state index contributed by atoms with van der Waals surface area (Å²) in [6.45, 7) is 8.49. The summed E-state index contributed by atoms with van der Waals surface area (Å²) in [5, 5.41) is 0. The summed E-state index contributed by atoms with van der Waals surface area (Å²) in [7, 11) is 0. The minimum Gasteiger partial charge on any atom is -0.494 e. The first-order valence-corrected chi connectivity index (χ1v) is 10.2. The number of aromatic nitrogens is 1. The number of aryl methyl sites for hydroxylation is 1. The van der Waals surface area contributed by atoms with Gasteiger partial charge in [0.05, 0.1) is 25.3 Å². The normalized spacial score (nSPS) is 17.5. The number of rotatable bonds is 8. The largest absolute Gasteiger partial charge is 0.494 e. The minimum absolute atomic E-state index is 0.119. The highest BCUT2D eigenvalue weighted by molar-refractivity contribution is 5.70. The maximum atomic E-state index is 11.9. The molecule has 152 valence electrons. The average Bonchev–Trinajstić information content (AvgIpc) is 3.05. The highest BCUT2D eigenvalue weighted by Gasteiger charge is 2.27. The van der Waals surface area contributed by atoms with Crippen LogP contribution < -0.4 is 4.74 Å². The van der Waals surface area contributed by atoms with Crippen LogP contribution in [0.5, 0.6) is 5.75 Å².